The molecule has 0 radical (unpaired) electrons. The fourth-order valence-corrected chi connectivity index (χ4v) is 2.67. The van der Waals surface area contributed by atoms with Crippen molar-refractivity contribution in [3.05, 3.63) is 48.2 Å². The van der Waals surface area contributed by atoms with E-state index >= 15 is 0 Å². The number of aryl methyl sites for hydroxylation is 1. The number of nitrogens with zero attached hydrogens (tertiary/aromatic N) is 3. The maximum absolute atomic E-state index is 12.0. The number of hydrogen-bond acceptors (Lipinski definition) is 3. The standard InChI is InChI=1S/C15H11N3O/c19-13-7-9-18-14-10(13)4-3-6-11(14)17-15(18)12-5-1-2-8-16-12/h1-6,8H,7,9H2. The largest absolute Gasteiger partial charge is 0.322 e. The first-order valence-electron chi connectivity index (χ1n) is 6.28. The first-order chi connectivity index (χ1) is 9.34. The molecule has 0 bridgehead atoms. The molecule has 0 aliphatic carbocycles. The number of para-hydroxylation sites is 1. The summed E-state index contributed by atoms with van der Waals surface area (Å²) in [5.41, 5.74) is 3.43. The highest BCUT2D eigenvalue weighted by molar-refractivity contribution is 6.08. The van der Waals surface area contributed by atoms with E-state index in [-0.39, 0.29) is 5.78 Å². The normalized spacial score (nSPS) is 14.0. The van der Waals surface area contributed by atoms with Gasteiger partial charge in [-0.3, -0.25) is 9.78 Å². The molecular formula is C15H11N3O. The molecule has 92 valence electrons. The van der Waals surface area contributed by atoms with E-state index in [0.29, 0.717) is 13.0 Å². The summed E-state index contributed by atoms with van der Waals surface area (Å²) in [6, 6.07) is 11.5. The Morgan fingerprint density at radius 1 is 1.11 bits per heavy atom. The Kier molecular flexibility index (Phi) is 2.06. The van der Waals surface area contributed by atoms with Gasteiger partial charge in [-0.2, -0.15) is 0 Å². The summed E-state index contributed by atoms with van der Waals surface area (Å²) in [5, 5.41) is 0. The Labute approximate surface area is 109 Å². The van der Waals surface area contributed by atoms with Crippen molar-refractivity contribution in [3.63, 3.8) is 0 Å². The molecule has 0 atom stereocenters. The smallest absolute Gasteiger partial charge is 0.166 e. The number of carbonyl (C=O) groups is 1. The third kappa shape index (κ3) is 1.43. The first kappa shape index (κ1) is 10.4. The van der Waals surface area contributed by atoms with Crippen LogP contribution in [0.3, 0.4) is 0 Å². The predicted molar refractivity (Wildman–Crippen MR) is 71.9 cm³/mol. The molecule has 0 N–H and O–H groups in total. The Morgan fingerprint density at radius 3 is 2.89 bits per heavy atom. The van der Waals surface area contributed by atoms with Gasteiger partial charge in [-0.25, -0.2) is 4.98 Å². The summed E-state index contributed by atoms with van der Waals surface area (Å²) in [6.07, 6.45) is 2.29. The third-order valence-electron chi connectivity index (χ3n) is 3.52. The van der Waals surface area contributed by atoms with Gasteiger partial charge in [0.2, 0.25) is 0 Å². The molecule has 0 fully saturated rings. The van der Waals surface area contributed by atoms with Gasteiger partial charge in [0.15, 0.2) is 11.6 Å². The Hall–Kier alpha value is -2.49. The summed E-state index contributed by atoms with van der Waals surface area (Å²) >= 11 is 0. The molecule has 4 rings (SSSR count). The summed E-state index contributed by atoms with van der Waals surface area (Å²) in [6.45, 7) is 0.679. The highest BCUT2D eigenvalue weighted by Gasteiger charge is 2.23. The summed E-state index contributed by atoms with van der Waals surface area (Å²) in [5.74, 6) is 1.04. The SMILES string of the molecule is O=C1CCn2c(-c3ccccn3)nc3cccc1c32. The molecule has 3 aromatic rings. The van der Waals surface area contributed by atoms with Crippen LogP contribution < -0.4 is 0 Å². The molecule has 0 saturated heterocycles. The minimum absolute atomic E-state index is 0.200. The molecule has 0 amide bonds. The van der Waals surface area contributed by atoms with Crippen molar-refractivity contribution in [2.75, 3.05) is 0 Å². The Balaban J connectivity index is 2.08. The number of Topliss-reactive ketones (excluding diaryl/α,β-unsaturated/α-hetero) is 1. The second kappa shape index (κ2) is 3.75. The van der Waals surface area contributed by atoms with Gasteiger partial charge in [0.05, 0.1) is 11.0 Å². The fourth-order valence-electron chi connectivity index (χ4n) is 2.67. The van der Waals surface area contributed by atoms with Gasteiger partial charge >= 0.3 is 0 Å². The molecule has 0 spiro atoms. The minimum Gasteiger partial charge on any atom is -0.322 e. The van der Waals surface area contributed by atoms with Gasteiger partial charge in [0.1, 0.15) is 5.69 Å². The van der Waals surface area contributed by atoms with Crippen molar-refractivity contribution >= 4 is 16.8 Å². The lowest BCUT2D eigenvalue weighted by Gasteiger charge is -2.15. The summed E-state index contributed by atoms with van der Waals surface area (Å²) in [4.78, 5) is 21.0. The van der Waals surface area contributed by atoms with Crippen LogP contribution in [0.25, 0.3) is 22.6 Å². The van der Waals surface area contributed by atoms with Gasteiger partial charge in [-0.15, -0.1) is 0 Å². The molecular weight excluding hydrogens is 238 g/mol. The van der Waals surface area contributed by atoms with Crippen molar-refractivity contribution in [2.45, 2.75) is 13.0 Å². The van der Waals surface area contributed by atoms with Crippen molar-refractivity contribution < 1.29 is 4.79 Å². The van der Waals surface area contributed by atoms with Crippen LogP contribution in [-0.4, -0.2) is 20.3 Å². The van der Waals surface area contributed by atoms with Crippen LogP contribution in [-0.2, 0) is 6.54 Å². The van der Waals surface area contributed by atoms with Crippen molar-refractivity contribution in [1.29, 1.82) is 0 Å². The zero-order chi connectivity index (χ0) is 12.8. The van der Waals surface area contributed by atoms with E-state index in [4.69, 9.17) is 0 Å². The molecule has 0 unspecified atom stereocenters. The van der Waals surface area contributed by atoms with E-state index in [1.54, 1.807) is 6.20 Å². The average molecular weight is 249 g/mol. The lowest BCUT2D eigenvalue weighted by Crippen LogP contribution is -2.14. The van der Waals surface area contributed by atoms with Gasteiger partial charge in [0, 0.05) is 24.7 Å². The van der Waals surface area contributed by atoms with E-state index in [1.165, 1.54) is 0 Å². The first-order valence-corrected chi connectivity index (χ1v) is 6.28. The Bertz CT molecular complexity index is 790. The lowest BCUT2D eigenvalue weighted by molar-refractivity contribution is 0.0973. The average Bonchev–Trinajstić information content (AvgIpc) is 2.84. The molecule has 4 heteroatoms. The number of pyridine rings is 1. The molecule has 0 saturated carbocycles. The Morgan fingerprint density at radius 2 is 2.05 bits per heavy atom. The molecule has 1 aliphatic rings. The van der Waals surface area contributed by atoms with Gasteiger partial charge < -0.3 is 4.57 Å². The van der Waals surface area contributed by atoms with Crippen LogP contribution >= 0.6 is 0 Å². The third-order valence-corrected chi connectivity index (χ3v) is 3.52. The lowest BCUT2D eigenvalue weighted by atomic mass is 10.0. The van der Waals surface area contributed by atoms with Crippen LogP contribution in [0, 0.1) is 0 Å². The van der Waals surface area contributed by atoms with Crippen LogP contribution in [0.4, 0.5) is 0 Å². The molecule has 19 heavy (non-hydrogen) atoms. The van der Waals surface area contributed by atoms with Crippen LogP contribution in [0.15, 0.2) is 42.6 Å². The van der Waals surface area contributed by atoms with Crippen LogP contribution in [0.2, 0.25) is 0 Å². The van der Waals surface area contributed by atoms with Crippen molar-refractivity contribution in [1.82, 2.24) is 14.5 Å². The number of hydrogen-bond donors (Lipinski definition) is 0. The highest BCUT2D eigenvalue weighted by atomic mass is 16.1. The molecule has 3 heterocycles. The number of aromatic nitrogens is 3. The predicted octanol–water partition coefficient (Wildman–Crippen LogP) is 2.68. The zero-order valence-electron chi connectivity index (χ0n) is 10.2. The van der Waals surface area contributed by atoms with Crippen molar-refractivity contribution in [2.24, 2.45) is 0 Å². The molecule has 2 aromatic heterocycles. The summed E-state index contributed by atoms with van der Waals surface area (Å²) in [7, 11) is 0. The van der Waals surface area contributed by atoms with E-state index < -0.39 is 0 Å². The van der Waals surface area contributed by atoms with E-state index in [1.807, 2.05) is 36.4 Å². The number of ketones is 1. The quantitative estimate of drug-likeness (QED) is 0.666. The van der Waals surface area contributed by atoms with Crippen LogP contribution in [0.1, 0.15) is 16.8 Å². The fraction of sp³-hybridized carbons (Fsp3) is 0.133. The number of carbonyl (C=O) groups excluding carboxylic acids is 1. The van der Waals surface area contributed by atoms with Gasteiger partial charge in [-0.05, 0) is 24.3 Å². The van der Waals surface area contributed by atoms with Gasteiger partial charge in [0.25, 0.3) is 0 Å². The molecule has 1 aromatic carbocycles. The monoisotopic (exact) mass is 249 g/mol. The number of rotatable bonds is 1. The second-order valence-corrected chi connectivity index (χ2v) is 4.65. The van der Waals surface area contributed by atoms with E-state index in [2.05, 4.69) is 14.5 Å². The molecule has 1 aliphatic heterocycles. The van der Waals surface area contributed by atoms with E-state index in [9.17, 15) is 4.79 Å². The zero-order valence-corrected chi connectivity index (χ0v) is 10.2. The molecule has 4 nitrogen and oxygen atoms in total. The second-order valence-electron chi connectivity index (χ2n) is 4.65. The topological polar surface area (TPSA) is 47.8 Å². The van der Waals surface area contributed by atoms with Crippen LogP contribution in [0.5, 0.6) is 0 Å². The maximum Gasteiger partial charge on any atom is 0.166 e. The highest BCUT2D eigenvalue weighted by Crippen LogP contribution is 2.30. The number of benzene rings is 1. The maximum atomic E-state index is 12.0. The number of imidazole rings is 1. The minimum atomic E-state index is 0.200. The summed E-state index contributed by atoms with van der Waals surface area (Å²) < 4.78 is 2.11. The van der Waals surface area contributed by atoms with Crippen molar-refractivity contribution in [3.8, 4) is 11.5 Å². The van der Waals surface area contributed by atoms with E-state index in [0.717, 1.165) is 28.1 Å². The van der Waals surface area contributed by atoms with Gasteiger partial charge in [-0.1, -0.05) is 12.1 Å².